The molecular weight excluding hydrogens is 244 g/mol. The van der Waals surface area contributed by atoms with Crippen molar-refractivity contribution in [1.29, 1.82) is 0 Å². The van der Waals surface area contributed by atoms with E-state index in [1.54, 1.807) is 25.1 Å². The van der Waals surface area contributed by atoms with Crippen molar-refractivity contribution in [2.75, 3.05) is 12.3 Å². The number of amides is 1. The Hall–Kier alpha value is -2.37. The van der Waals surface area contributed by atoms with Crippen molar-refractivity contribution in [3.63, 3.8) is 0 Å². The number of carbonyl (C=O) groups excluding carboxylic acids is 1. The third-order valence-electron chi connectivity index (χ3n) is 2.70. The smallest absolute Gasteiger partial charge is 0.251 e. The number of nitrogen functional groups attached to an aromatic ring is 1. The van der Waals surface area contributed by atoms with Crippen LogP contribution >= 0.6 is 0 Å². The van der Waals surface area contributed by atoms with Crippen molar-refractivity contribution in [2.24, 2.45) is 0 Å². The van der Waals surface area contributed by atoms with Crippen LogP contribution in [0.5, 0.6) is 0 Å². The van der Waals surface area contributed by atoms with E-state index in [9.17, 15) is 4.79 Å². The molecule has 0 aliphatic carbocycles. The van der Waals surface area contributed by atoms with Crippen molar-refractivity contribution < 1.29 is 9.32 Å². The number of anilines is 1. The Bertz CT molecular complexity index is 592. The van der Waals surface area contributed by atoms with Crippen LogP contribution in [0.25, 0.3) is 0 Å². The molecule has 3 N–H and O–H groups in total. The third-order valence-corrected chi connectivity index (χ3v) is 2.70. The Kier molecular flexibility index (Phi) is 3.79. The Morgan fingerprint density at radius 2 is 2.21 bits per heavy atom. The molecule has 0 saturated carbocycles. The number of hydrogen-bond acceptors (Lipinski definition) is 5. The first kappa shape index (κ1) is 13.1. The number of carbonyl (C=O) groups is 1. The fraction of sp³-hybridized carbons (Fsp3) is 0.308. The van der Waals surface area contributed by atoms with E-state index < -0.39 is 0 Å². The van der Waals surface area contributed by atoms with Crippen molar-refractivity contribution in [3.05, 3.63) is 41.0 Å². The SMILES string of the molecule is Cc1nc(CCNC(=O)c2ccc(N)cc2C)no1. The van der Waals surface area contributed by atoms with Gasteiger partial charge in [-0.05, 0) is 30.7 Å². The molecule has 0 bridgehead atoms. The van der Waals surface area contributed by atoms with Gasteiger partial charge in [-0.2, -0.15) is 4.98 Å². The van der Waals surface area contributed by atoms with Crippen molar-refractivity contribution in [1.82, 2.24) is 15.5 Å². The fourth-order valence-corrected chi connectivity index (χ4v) is 1.77. The first-order valence-electron chi connectivity index (χ1n) is 6.00. The maximum atomic E-state index is 12.0. The fourth-order valence-electron chi connectivity index (χ4n) is 1.77. The molecule has 100 valence electrons. The summed E-state index contributed by atoms with van der Waals surface area (Å²) in [5, 5.41) is 6.58. The average molecular weight is 260 g/mol. The highest BCUT2D eigenvalue weighted by Gasteiger charge is 2.09. The molecule has 1 aromatic carbocycles. The van der Waals surface area contributed by atoms with E-state index >= 15 is 0 Å². The number of hydrogen-bond donors (Lipinski definition) is 2. The van der Waals surface area contributed by atoms with E-state index in [1.807, 2.05) is 6.92 Å². The van der Waals surface area contributed by atoms with Crippen LogP contribution in [-0.2, 0) is 6.42 Å². The van der Waals surface area contributed by atoms with E-state index in [2.05, 4.69) is 15.5 Å². The van der Waals surface area contributed by atoms with Crippen LogP contribution in [0.3, 0.4) is 0 Å². The Labute approximate surface area is 111 Å². The number of aryl methyl sites for hydroxylation is 2. The topological polar surface area (TPSA) is 94.0 Å². The second-order valence-corrected chi connectivity index (χ2v) is 4.31. The first-order chi connectivity index (χ1) is 9.06. The maximum absolute atomic E-state index is 12.0. The lowest BCUT2D eigenvalue weighted by atomic mass is 10.1. The van der Waals surface area contributed by atoms with Crippen LogP contribution in [0.4, 0.5) is 5.69 Å². The number of aromatic nitrogens is 2. The average Bonchev–Trinajstić information content (AvgIpc) is 2.75. The molecule has 19 heavy (non-hydrogen) atoms. The molecule has 0 aliphatic rings. The summed E-state index contributed by atoms with van der Waals surface area (Å²) < 4.78 is 4.85. The van der Waals surface area contributed by atoms with Crippen LogP contribution in [-0.4, -0.2) is 22.6 Å². The molecule has 0 aliphatic heterocycles. The summed E-state index contributed by atoms with van der Waals surface area (Å²) in [5.74, 6) is 0.986. The second-order valence-electron chi connectivity index (χ2n) is 4.31. The van der Waals surface area contributed by atoms with Crippen molar-refractivity contribution in [3.8, 4) is 0 Å². The van der Waals surface area contributed by atoms with Gasteiger partial charge >= 0.3 is 0 Å². The van der Waals surface area contributed by atoms with E-state index in [0.29, 0.717) is 35.9 Å². The summed E-state index contributed by atoms with van der Waals surface area (Å²) in [7, 11) is 0. The molecule has 2 aromatic rings. The number of nitrogens with zero attached hydrogens (tertiary/aromatic N) is 2. The molecule has 0 unspecified atom stereocenters. The zero-order chi connectivity index (χ0) is 13.8. The molecular formula is C13H16N4O2. The lowest BCUT2D eigenvalue weighted by Crippen LogP contribution is -2.26. The normalized spacial score (nSPS) is 10.4. The largest absolute Gasteiger partial charge is 0.399 e. The number of benzene rings is 1. The highest BCUT2D eigenvalue weighted by Crippen LogP contribution is 2.12. The molecule has 2 rings (SSSR count). The molecule has 6 nitrogen and oxygen atoms in total. The van der Waals surface area contributed by atoms with Gasteiger partial charge in [0.2, 0.25) is 5.89 Å². The van der Waals surface area contributed by atoms with Gasteiger partial charge in [0, 0.05) is 31.1 Å². The van der Waals surface area contributed by atoms with Crippen molar-refractivity contribution in [2.45, 2.75) is 20.3 Å². The molecule has 1 amide bonds. The molecule has 0 radical (unpaired) electrons. The van der Waals surface area contributed by atoms with Gasteiger partial charge in [0.05, 0.1) is 0 Å². The minimum atomic E-state index is -0.127. The van der Waals surface area contributed by atoms with Gasteiger partial charge in [0.25, 0.3) is 5.91 Å². The van der Waals surface area contributed by atoms with Crippen LogP contribution in [0, 0.1) is 13.8 Å². The Balaban J connectivity index is 1.90. The van der Waals surface area contributed by atoms with E-state index in [4.69, 9.17) is 10.3 Å². The second kappa shape index (κ2) is 5.51. The van der Waals surface area contributed by atoms with Gasteiger partial charge in [0.1, 0.15) is 0 Å². The minimum Gasteiger partial charge on any atom is -0.399 e. The Morgan fingerprint density at radius 3 is 2.84 bits per heavy atom. The number of nitrogens with two attached hydrogens (primary N) is 1. The molecule has 1 aromatic heterocycles. The van der Waals surface area contributed by atoms with Crippen LogP contribution in [0.15, 0.2) is 22.7 Å². The lowest BCUT2D eigenvalue weighted by molar-refractivity contribution is 0.0953. The van der Waals surface area contributed by atoms with E-state index in [0.717, 1.165) is 5.56 Å². The van der Waals surface area contributed by atoms with Crippen molar-refractivity contribution >= 4 is 11.6 Å². The van der Waals surface area contributed by atoms with Gasteiger partial charge in [-0.3, -0.25) is 4.79 Å². The zero-order valence-electron chi connectivity index (χ0n) is 10.9. The van der Waals surface area contributed by atoms with Gasteiger partial charge in [-0.1, -0.05) is 5.16 Å². The maximum Gasteiger partial charge on any atom is 0.251 e. The Morgan fingerprint density at radius 1 is 1.42 bits per heavy atom. The first-order valence-corrected chi connectivity index (χ1v) is 6.00. The predicted molar refractivity (Wildman–Crippen MR) is 70.7 cm³/mol. The monoisotopic (exact) mass is 260 g/mol. The van der Waals surface area contributed by atoms with E-state index in [1.165, 1.54) is 0 Å². The van der Waals surface area contributed by atoms with Gasteiger partial charge < -0.3 is 15.6 Å². The summed E-state index contributed by atoms with van der Waals surface area (Å²) in [6.07, 6.45) is 0.539. The quantitative estimate of drug-likeness (QED) is 0.807. The summed E-state index contributed by atoms with van der Waals surface area (Å²) in [4.78, 5) is 16.0. The summed E-state index contributed by atoms with van der Waals surface area (Å²) in [5.41, 5.74) is 7.77. The van der Waals surface area contributed by atoms with E-state index in [-0.39, 0.29) is 5.91 Å². The number of rotatable bonds is 4. The predicted octanol–water partition coefficient (Wildman–Crippen LogP) is 1.24. The zero-order valence-corrected chi connectivity index (χ0v) is 10.9. The lowest BCUT2D eigenvalue weighted by Gasteiger charge is -2.07. The molecule has 0 saturated heterocycles. The van der Waals surface area contributed by atoms with Crippen LogP contribution in [0.1, 0.15) is 27.6 Å². The molecule has 6 heteroatoms. The summed E-state index contributed by atoms with van der Waals surface area (Å²) in [6, 6.07) is 5.21. The molecule has 0 atom stereocenters. The van der Waals surface area contributed by atoms with Gasteiger partial charge in [0.15, 0.2) is 5.82 Å². The van der Waals surface area contributed by atoms with Crippen LogP contribution < -0.4 is 11.1 Å². The summed E-state index contributed by atoms with van der Waals surface area (Å²) >= 11 is 0. The number of nitrogens with one attached hydrogen (secondary N) is 1. The summed E-state index contributed by atoms with van der Waals surface area (Å²) in [6.45, 7) is 4.04. The highest BCUT2D eigenvalue weighted by atomic mass is 16.5. The standard InChI is InChI=1S/C13H16N4O2/c1-8-7-10(14)3-4-11(8)13(18)15-6-5-12-16-9(2)19-17-12/h3-4,7H,5-6,14H2,1-2H3,(H,15,18). The third kappa shape index (κ3) is 3.31. The van der Waals surface area contributed by atoms with Gasteiger partial charge in [-0.15, -0.1) is 0 Å². The highest BCUT2D eigenvalue weighted by molar-refractivity contribution is 5.95. The minimum absolute atomic E-state index is 0.127. The van der Waals surface area contributed by atoms with Crippen LogP contribution in [0.2, 0.25) is 0 Å². The molecule has 1 heterocycles. The molecule has 0 spiro atoms. The molecule has 0 fully saturated rings. The van der Waals surface area contributed by atoms with Gasteiger partial charge in [-0.25, -0.2) is 0 Å².